The zero-order valence-electron chi connectivity index (χ0n) is 12.7. The van der Waals surface area contributed by atoms with Crippen LogP contribution in [0.2, 0.25) is 0 Å². The number of piperidine rings is 1. The lowest BCUT2D eigenvalue weighted by Crippen LogP contribution is -2.33. The first-order valence-electron chi connectivity index (χ1n) is 7.52. The summed E-state index contributed by atoms with van der Waals surface area (Å²) in [4.78, 5) is 6.28. The Hall–Kier alpha value is -1.56. The molecule has 0 radical (unpaired) electrons. The molecular weight excluding hydrogens is 293 g/mol. The van der Waals surface area contributed by atoms with Crippen molar-refractivity contribution in [2.24, 2.45) is 5.92 Å². The molecule has 1 aromatic heterocycles. The summed E-state index contributed by atoms with van der Waals surface area (Å²) in [6, 6.07) is 2.91. The van der Waals surface area contributed by atoms with Crippen LogP contribution in [-0.2, 0) is 12.7 Å². The van der Waals surface area contributed by atoms with Crippen molar-refractivity contribution in [1.82, 2.24) is 9.88 Å². The van der Waals surface area contributed by atoms with Gasteiger partial charge in [-0.05, 0) is 43.0 Å². The molecule has 1 fully saturated rings. The van der Waals surface area contributed by atoms with Crippen LogP contribution >= 0.6 is 0 Å². The van der Waals surface area contributed by atoms with Gasteiger partial charge in [0.25, 0.3) is 0 Å². The van der Waals surface area contributed by atoms with Crippen molar-refractivity contribution in [2.75, 3.05) is 13.1 Å². The maximum Gasteiger partial charge on any atom is 0.420 e. The van der Waals surface area contributed by atoms with Gasteiger partial charge in [0.15, 0.2) is 11.5 Å². The Morgan fingerprint density at radius 3 is 2.82 bits per heavy atom. The third-order valence-electron chi connectivity index (χ3n) is 4.11. The van der Waals surface area contributed by atoms with Crippen LogP contribution in [0.15, 0.2) is 16.5 Å². The standard InChI is InChI=1S/C16H19F3N2O/c1-10-4-3-5-21(8-10)9-12-6-13(16(17,18)19)15-14(7-12)20-11(2)22-15/h6-7,10H,3-5,8-9H2,1-2H3/t10-/m1/s1. The second-order valence-electron chi connectivity index (χ2n) is 6.20. The van der Waals surface area contributed by atoms with E-state index in [4.69, 9.17) is 4.42 Å². The van der Waals surface area contributed by atoms with Crippen molar-refractivity contribution in [1.29, 1.82) is 0 Å². The first-order valence-corrected chi connectivity index (χ1v) is 7.52. The molecule has 1 aliphatic heterocycles. The summed E-state index contributed by atoms with van der Waals surface area (Å²) in [5, 5.41) is 0. The Morgan fingerprint density at radius 1 is 1.36 bits per heavy atom. The third-order valence-corrected chi connectivity index (χ3v) is 4.11. The number of fused-ring (bicyclic) bond motifs is 1. The van der Waals surface area contributed by atoms with Crippen molar-refractivity contribution in [3.63, 3.8) is 0 Å². The fourth-order valence-electron chi connectivity index (χ4n) is 3.19. The lowest BCUT2D eigenvalue weighted by molar-refractivity contribution is -0.136. The normalized spacial score (nSPS) is 20.7. The van der Waals surface area contributed by atoms with E-state index in [1.807, 2.05) is 0 Å². The molecule has 0 bridgehead atoms. The predicted molar refractivity (Wildman–Crippen MR) is 77.4 cm³/mol. The summed E-state index contributed by atoms with van der Waals surface area (Å²) in [6.07, 6.45) is -2.15. The average molecular weight is 312 g/mol. The summed E-state index contributed by atoms with van der Waals surface area (Å²) in [5.74, 6) is 0.845. The predicted octanol–water partition coefficient (Wildman–Crippen LogP) is 4.39. The Labute approximate surface area is 127 Å². The van der Waals surface area contributed by atoms with E-state index >= 15 is 0 Å². The molecule has 120 valence electrons. The minimum atomic E-state index is -4.44. The van der Waals surface area contributed by atoms with Crippen LogP contribution < -0.4 is 0 Å². The second kappa shape index (κ2) is 5.57. The summed E-state index contributed by atoms with van der Waals surface area (Å²) < 4.78 is 44.9. The van der Waals surface area contributed by atoms with Crippen LogP contribution in [0.25, 0.3) is 11.1 Å². The van der Waals surface area contributed by atoms with Gasteiger partial charge in [-0.25, -0.2) is 4.98 Å². The topological polar surface area (TPSA) is 29.3 Å². The second-order valence-corrected chi connectivity index (χ2v) is 6.20. The molecule has 0 unspecified atom stereocenters. The molecule has 0 amide bonds. The van der Waals surface area contributed by atoms with Crippen molar-refractivity contribution in [3.8, 4) is 0 Å². The Balaban J connectivity index is 1.96. The highest BCUT2D eigenvalue weighted by atomic mass is 19.4. The van der Waals surface area contributed by atoms with Gasteiger partial charge >= 0.3 is 6.18 Å². The number of alkyl halides is 3. The van der Waals surface area contributed by atoms with Gasteiger partial charge in [-0.1, -0.05) is 6.92 Å². The molecule has 0 spiro atoms. The van der Waals surface area contributed by atoms with Gasteiger partial charge in [0.1, 0.15) is 11.1 Å². The minimum absolute atomic E-state index is 0.166. The fraction of sp³-hybridized carbons (Fsp3) is 0.562. The van der Waals surface area contributed by atoms with Crippen LogP contribution in [-0.4, -0.2) is 23.0 Å². The lowest BCUT2D eigenvalue weighted by atomic mass is 9.99. The summed E-state index contributed by atoms with van der Waals surface area (Å²) in [5.41, 5.74) is 0.0287. The Bertz CT molecular complexity index is 678. The van der Waals surface area contributed by atoms with Crippen LogP contribution in [0.5, 0.6) is 0 Å². The molecule has 1 saturated heterocycles. The number of rotatable bonds is 2. The molecule has 22 heavy (non-hydrogen) atoms. The number of aryl methyl sites for hydroxylation is 1. The smallest absolute Gasteiger partial charge is 0.420 e. The van der Waals surface area contributed by atoms with E-state index < -0.39 is 11.7 Å². The number of halogens is 3. The third kappa shape index (κ3) is 3.11. The molecular formula is C16H19F3N2O. The number of benzene rings is 1. The van der Waals surface area contributed by atoms with Gasteiger partial charge in [0.05, 0.1) is 0 Å². The van der Waals surface area contributed by atoms with Crippen LogP contribution in [0, 0.1) is 12.8 Å². The lowest BCUT2D eigenvalue weighted by Gasteiger charge is -2.30. The van der Waals surface area contributed by atoms with E-state index in [1.165, 1.54) is 12.5 Å². The molecule has 1 aliphatic rings. The first-order chi connectivity index (χ1) is 10.3. The fourth-order valence-corrected chi connectivity index (χ4v) is 3.19. The first kappa shape index (κ1) is 15.3. The molecule has 0 N–H and O–H groups in total. The van der Waals surface area contributed by atoms with Crippen molar-refractivity contribution in [2.45, 2.75) is 39.4 Å². The largest absolute Gasteiger partial charge is 0.440 e. The van der Waals surface area contributed by atoms with E-state index in [0.29, 0.717) is 18.0 Å². The van der Waals surface area contributed by atoms with E-state index in [-0.39, 0.29) is 17.0 Å². The number of oxazole rings is 1. The van der Waals surface area contributed by atoms with Gasteiger partial charge < -0.3 is 4.42 Å². The van der Waals surface area contributed by atoms with Crippen molar-refractivity contribution < 1.29 is 17.6 Å². The maximum absolute atomic E-state index is 13.2. The average Bonchev–Trinajstić information content (AvgIpc) is 2.76. The summed E-state index contributed by atoms with van der Waals surface area (Å²) in [7, 11) is 0. The molecule has 6 heteroatoms. The number of aromatic nitrogens is 1. The van der Waals surface area contributed by atoms with Gasteiger partial charge in [0, 0.05) is 20.0 Å². The van der Waals surface area contributed by atoms with Crippen molar-refractivity contribution >= 4 is 11.1 Å². The highest BCUT2D eigenvalue weighted by Crippen LogP contribution is 2.36. The van der Waals surface area contributed by atoms with Gasteiger partial charge in [0.2, 0.25) is 0 Å². The van der Waals surface area contributed by atoms with E-state index in [2.05, 4.69) is 16.8 Å². The van der Waals surface area contributed by atoms with E-state index in [9.17, 15) is 13.2 Å². The van der Waals surface area contributed by atoms with Crippen LogP contribution in [0.1, 0.15) is 36.8 Å². The van der Waals surface area contributed by atoms with Crippen LogP contribution in [0.3, 0.4) is 0 Å². The Kier molecular flexibility index (Phi) is 3.89. The van der Waals surface area contributed by atoms with Crippen molar-refractivity contribution in [3.05, 3.63) is 29.2 Å². The molecule has 1 atom stereocenters. The van der Waals surface area contributed by atoms with Gasteiger partial charge in [-0.3, -0.25) is 4.90 Å². The molecule has 2 aromatic rings. The Morgan fingerprint density at radius 2 is 2.14 bits per heavy atom. The molecule has 0 aliphatic carbocycles. The van der Waals surface area contributed by atoms with E-state index in [1.54, 1.807) is 13.0 Å². The number of likely N-dealkylation sites (tertiary alicyclic amines) is 1. The van der Waals surface area contributed by atoms with Gasteiger partial charge in [-0.15, -0.1) is 0 Å². The molecule has 1 aromatic carbocycles. The number of hydrogen-bond acceptors (Lipinski definition) is 3. The SMILES string of the molecule is Cc1nc2cc(CN3CCC[C@@H](C)C3)cc(C(F)(F)F)c2o1. The number of hydrogen-bond donors (Lipinski definition) is 0. The zero-order chi connectivity index (χ0) is 15.9. The highest BCUT2D eigenvalue weighted by Gasteiger charge is 2.35. The quantitative estimate of drug-likeness (QED) is 0.824. The molecule has 3 nitrogen and oxygen atoms in total. The monoisotopic (exact) mass is 312 g/mol. The minimum Gasteiger partial charge on any atom is -0.440 e. The molecule has 2 heterocycles. The zero-order valence-corrected chi connectivity index (χ0v) is 12.7. The maximum atomic E-state index is 13.2. The highest BCUT2D eigenvalue weighted by molar-refractivity contribution is 5.78. The number of nitrogens with zero attached hydrogens (tertiary/aromatic N) is 2. The molecule has 3 rings (SSSR count). The molecule has 0 saturated carbocycles. The summed E-state index contributed by atoms with van der Waals surface area (Å²) >= 11 is 0. The van der Waals surface area contributed by atoms with Gasteiger partial charge in [-0.2, -0.15) is 13.2 Å². The van der Waals surface area contributed by atoms with Crippen LogP contribution in [0.4, 0.5) is 13.2 Å². The summed E-state index contributed by atoms with van der Waals surface area (Å²) in [6.45, 7) is 6.12. The van der Waals surface area contributed by atoms with E-state index in [0.717, 1.165) is 19.5 Å².